The van der Waals surface area contributed by atoms with E-state index >= 15 is 0 Å². The van der Waals surface area contributed by atoms with Crippen LogP contribution in [0.4, 0.5) is 0 Å². The third-order valence-electron chi connectivity index (χ3n) is 4.14. The summed E-state index contributed by atoms with van der Waals surface area (Å²) in [5.41, 5.74) is 2.58. The molecule has 0 spiro atoms. The van der Waals surface area contributed by atoms with E-state index in [-0.39, 0.29) is 29.2 Å². The Morgan fingerprint density at radius 3 is 2.61 bits per heavy atom. The number of rotatable bonds is 3. The number of sulfone groups is 1. The molecule has 1 saturated heterocycles. The van der Waals surface area contributed by atoms with Gasteiger partial charge in [-0.25, -0.2) is 8.42 Å². The van der Waals surface area contributed by atoms with Crippen LogP contribution in [-0.2, 0) is 9.84 Å². The molecule has 1 atom stereocenters. The van der Waals surface area contributed by atoms with Crippen LogP contribution in [0.25, 0.3) is 11.3 Å². The second-order valence-corrected chi connectivity index (χ2v) is 8.14. The first-order valence-electron chi connectivity index (χ1n) is 7.37. The number of aryl methyl sites for hydroxylation is 1. The lowest BCUT2D eigenvalue weighted by atomic mass is 10.1. The van der Waals surface area contributed by atoms with Gasteiger partial charge in [-0.05, 0) is 13.3 Å². The van der Waals surface area contributed by atoms with Gasteiger partial charge in [-0.2, -0.15) is 0 Å². The molecule has 0 N–H and O–H groups in total. The zero-order chi connectivity index (χ0) is 16.6. The maximum absolute atomic E-state index is 12.4. The van der Waals surface area contributed by atoms with Crippen LogP contribution in [0.3, 0.4) is 0 Å². The van der Waals surface area contributed by atoms with Gasteiger partial charge in [0.05, 0.1) is 11.5 Å². The molecule has 2 heterocycles. The van der Waals surface area contributed by atoms with E-state index in [1.54, 1.807) is 13.1 Å². The average Bonchev–Trinajstić information content (AvgIpc) is 3.13. The quantitative estimate of drug-likeness (QED) is 0.856. The number of carbonyl (C=O) groups is 1. The van der Waals surface area contributed by atoms with Crippen molar-refractivity contribution in [1.82, 2.24) is 10.1 Å². The smallest absolute Gasteiger partial charge is 0.292 e. The van der Waals surface area contributed by atoms with Crippen molar-refractivity contribution in [2.24, 2.45) is 0 Å². The molecule has 0 saturated carbocycles. The van der Waals surface area contributed by atoms with Crippen LogP contribution in [0.1, 0.15) is 22.5 Å². The molecule has 1 aliphatic rings. The summed E-state index contributed by atoms with van der Waals surface area (Å²) in [7, 11) is -1.44. The Balaban J connectivity index is 1.77. The Morgan fingerprint density at radius 2 is 2.00 bits per heavy atom. The van der Waals surface area contributed by atoms with E-state index in [9.17, 15) is 13.2 Å². The molecule has 7 heteroatoms. The maximum Gasteiger partial charge on any atom is 0.292 e. The molecule has 0 unspecified atom stereocenters. The highest BCUT2D eigenvalue weighted by atomic mass is 32.2. The molecule has 1 aliphatic heterocycles. The summed E-state index contributed by atoms with van der Waals surface area (Å²) in [4.78, 5) is 13.9. The molecule has 0 radical (unpaired) electrons. The van der Waals surface area contributed by atoms with E-state index in [0.29, 0.717) is 12.1 Å². The number of carbonyl (C=O) groups excluding carboxylic acids is 1. The summed E-state index contributed by atoms with van der Waals surface area (Å²) >= 11 is 0. The average molecular weight is 334 g/mol. The fraction of sp³-hybridized carbons (Fsp3) is 0.375. The molecule has 1 aromatic carbocycles. The lowest BCUT2D eigenvalue weighted by Gasteiger charge is -2.21. The molecule has 2 aromatic rings. The van der Waals surface area contributed by atoms with E-state index in [2.05, 4.69) is 5.16 Å². The fourth-order valence-electron chi connectivity index (χ4n) is 2.66. The molecule has 0 aliphatic carbocycles. The summed E-state index contributed by atoms with van der Waals surface area (Å²) in [5, 5.41) is 3.93. The predicted octanol–water partition coefficient (Wildman–Crippen LogP) is 1.91. The number of amides is 1. The lowest BCUT2D eigenvalue weighted by molar-refractivity contribution is 0.0705. The highest BCUT2D eigenvalue weighted by Gasteiger charge is 2.34. The highest BCUT2D eigenvalue weighted by molar-refractivity contribution is 7.91. The zero-order valence-corrected chi connectivity index (χ0v) is 13.8. The van der Waals surface area contributed by atoms with Gasteiger partial charge in [0.2, 0.25) is 5.76 Å². The van der Waals surface area contributed by atoms with Crippen LogP contribution in [0.5, 0.6) is 0 Å². The van der Waals surface area contributed by atoms with Crippen LogP contribution in [0.2, 0.25) is 0 Å². The third kappa shape index (κ3) is 3.29. The Hall–Kier alpha value is -2.15. The number of nitrogens with zero attached hydrogens (tertiary/aromatic N) is 2. The van der Waals surface area contributed by atoms with Crippen molar-refractivity contribution in [2.45, 2.75) is 19.4 Å². The summed E-state index contributed by atoms with van der Waals surface area (Å²) in [6.45, 7) is 1.99. The van der Waals surface area contributed by atoms with Gasteiger partial charge in [-0.1, -0.05) is 35.0 Å². The summed E-state index contributed by atoms with van der Waals surface area (Å²) in [6, 6.07) is 9.03. The Labute approximate surface area is 135 Å². The van der Waals surface area contributed by atoms with Gasteiger partial charge in [0.15, 0.2) is 9.84 Å². The minimum atomic E-state index is -3.04. The predicted molar refractivity (Wildman–Crippen MR) is 85.8 cm³/mol. The van der Waals surface area contributed by atoms with Gasteiger partial charge in [-0.3, -0.25) is 4.79 Å². The van der Waals surface area contributed by atoms with E-state index in [0.717, 1.165) is 11.1 Å². The Kier molecular flexibility index (Phi) is 3.97. The molecule has 1 fully saturated rings. The van der Waals surface area contributed by atoms with E-state index in [4.69, 9.17) is 4.52 Å². The summed E-state index contributed by atoms with van der Waals surface area (Å²) < 4.78 is 28.2. The molecular formula is C16H18N2O4S. The first kappa shape index (κ1) is 15.7. The Morgan fingerprint density at radius 1 is 1.30 bits per heavy atom. The molecule has 1 amide bonds. The molecular weight excluding hydrogens is 316 g/mol. The van der Waals surface area contributed by atoms with Gasteiger partial charge in [0.25, 0.3) is 5.91 Å². The normalized spacial score (nSPS) is 19.7. The van der Waals surface area contributed by atoms with Crippen molar-refractivity contribution in [1.29, 1.82) is 0 Å². The second-order valence-electron chi connectivity index (χ2n) is 5.92. The van der Waals surface area contributed by atoms with Crippen LogP contribution >= 0.6 is 0 Å². The minimum absolute atomic E-state index is 0.00813. The molecule has 122 valence electrons. The van der Waals surface area contributed by atoms with Gasteiger partial charge in [0.1, 0.15) is 5.69 Å². The van der Waals surface area contributed by atoms with Crippen LogP contribution in [-0.4, -0.2) is 49.0 Å². The van der Waals surface area contributed by atoms with Crippen LogP contribution in [0, 0.1) is 6.92 Å². The largest absolute Gasteiger partial charge is 0.350 e. The molecule has 3 rings (SSSR count). The van der Waals surface area contributed by atoms with E-state index in [1.165, 1.54) is 4.90 Å². The van der Waals surface area contributed by atoms with Crippen molar-refractivity contribution in [3.63, 3.8) is 0 Å². The number of benzene rings is 1. The second kappa shape index (κ2) is 5.81. The first-order chi connectivity index (χ1) is 10.9. The summed E-state index contributed by atoms with van der Waals surface area (Å²) in [6.07, 6.45) is 0.462. The standard InChI is InChI=1S/C16H18N2O4S/c1-11-3-5-12(6-4-11)14-9-15(22-17-14)16(19)18(2)13-7-8-23(20,21)10-13/h3-6,9,13H,7-8,10H2,1-2H3/t13-/m0/s1. The van der Waals surface area contributed by atoms with Crippen molar-refractivity contribution in [3.8, 4) is 11.3 Å². The van der Waals surface area contributed by atoms with E-state index < -0.39 is 9.84 Å². The minimum Gasteiger partial charge on any atom is -0.350 e. The molecule has 1 aromatic heterocycles. The number of hydrogen-bond acceptors (Lipinski definition) is 5. The van der Waals surface area contributed by atoms with E-state index in [1.807, 2.05) is 31.2 Å². The van der Waals surface area contributed by atoms with Gasteiger partial charge >= 0.3 is 0 Å². The highest BCUT2D eigenvalue weighted by Crippen LogP contribution is 2.22. The van der Waals surface area contributed by atoms with Crippen molar-refractivity contribution in [3.05, 3.63) is 41.7 Å². The molecule has 0 bridgehead atoms. The van der Waals surface area contributed by atoms with Gasteiger partial charge in [-0.15, -0.1) is 0 Å². The zero-order valence-electron chi connectivity index (χ0n) is 13.0. The SMILES string of the molecule is Cc1ccc(-c2cc(C(=O)N(C)[C@H]3CCS(=O)(=O)C3)on2)cc1. The third-order valence-corrected chi connectivity index (χ3v) is 5.90. The maximum atomic E-state index is 12.4. The molecule has 23 heavy (non-hydrogen) atoms. The number of hydrogen-bond donors (Lipinski definition) is 0. The van der Waals surface area contributed by atoms with Crippen molar-refractivity contribution >= 4 is 15.7 Å². The van der Waals surface area contributed by atoms with Gasteiger partial charge in [0, 0.05) is 24.7 Å². The monoisotopic (exact) mass is 334 g/mol. The Bertz CT molecular complexity index is 824. The molecule has 6 nitrogen and oxygen atoms in total. The number of aromatic nitrogens is 1. The summed E-state index contributed by atoms with van der Waals surface area (Å²) in [5.74, 6) is -0.0977. The van der Waals surface area contributed by atoms with Crippen LogP contribution < -0.4 is 0 Å². The fourth-order valence-corrected chi connectivity index (χ4v) is 4.43. The first-order valence-corrected chi connectivity index (χ1v) is 9.19. The van der Waals surface area contributed by atoms with Crippen LogP contribution in [0.15, 0.2) is 34.9 Å². The lowest BCUT2D eigenvalue weighted by Crippen LogP contribution is -2.37. The van der Waals surface area contributed by atoms with Crippen molar-refractivity contribution < 1.29 is 17.7 Å². The topological polar surface area (TPSA) is 80.5 Å². The van der Waals surface area contributed by atoms with Crippen molar-refractivity contribution in [2.75, 3.05) is 18.6 Å². The van der Waals surface area contributed by atoms with Gasteiger partial charge < -0.3 is 9.42 Å².